The second-order valence-electron chi connectivity index (χ2n) is 7.55. The maximum Gasteiger partial charge on any atom is 0.418 e. The predicted molar refractivity (Wildman–Crippen MR) is 111 cm³/mol. The predicted octanol–water partition coefficient (Wildman–Crippen LogP) is 5.70. The van der Waals surface area contributed by atoms with Gasteiger partial charge in [0.2, 0.25) is 5.82 Å². The van der Waals surface area contributed by atoms with Crippen molar-refractivity contribution in [2.45, 2.75) is 24.7 Å². The average molecular weight is 491 g/mol. The zero-order chi connectivity index (χ0) is 25.2. The van der Waals surface area contributed by atoms with E-state index in [0.29, 0.717) is 5.56 Å². The lowest BCUT2D eigenvalue weighted by atomic mass is 9.86. The fraction of sp³-hybridized carbons (Fsp3) is 0.174. The average Bonchev–Trinajstić information content (AvgIpc) is 3.37. The summed E-state index contributed by atoms with van der Waals surface area (Å²) in [6.45, 7) is 0. The van der Waals surface area contributed by atoms with Crippen LogP contribution in [0.2, 0.25) is 0 Å². The molecule has 180 valence electrons. The van der Waals surface area contributed by atoms with Crippen molar-refractivity contribution in [3.8, 4) is 11.4 Å². The van der Waals surface area contributed by atoms with Crippen LogP contribution in [0.25, 0.3) is 11.4 Å². The summed E-state index contributed by atoms with van der Waals surface area (Å²) in [5.74, 6) is -1.47. The second kappa shape index (κ2) is 9.28. The molecule has 2 aromatic heterocycles. The summed E-state index contributed by atoms with van der Waals surface area (Å²) in [4.78, 5) is 16.9. The number of nitrogens with one attached hydrogen (secondary N) is 1. The van der Waals surface area contributed by atoms with Crippen molar-refractivity contribution in [3.63, 3.8) is 0 Å². The van der Waals surface area contributed by atoms with Crippen molar-refractivity contribution in [1.29, 1.82) is 0 Å². The fourth-order valence-electron chi connectivity index (χ4n) is 3.60. The van der Waals surface area contributed by atoms with Crippen LogP contribution in [0.5, 0.6) is 0 Å². The number of aromatic nitrogens is 5. The van der Waals surface area contributed by atoms with Gasteiger partial charge in [-0.25, -0.2) is 0 Å². The number of pyridine rings is 1. The molecule has 0 saturated carbocycles. The van der Waals surface area contributed by atoms with Gasteiger partial charge in [-0.3, -0.25) is 9.78 Å². The van der Waals surface area contributed by atoms with Crippen LogP contribution >= 0.6 is 0 Å². The first-order valence-electron chi connectivity index (χ1n) is 10.1. The highest BCUT2D eigenvalue weighted by molar-refractivity contribution is 5.97. The molecule has 0 spiro atoms. The van der Waals surface area contributed by atoms with E-state index in [9.17, 15) is 31.1 Å². The van der Waals surface area contributed by atoms with Crippen LogP contribution in [0.1, 0.15) is 45.1 Å². The number of aromatic amines is 1. The number of halogens is 6. The molecule has 4 aromatic rings. The molecule has 0 radical (unpaired) electrons. The van der Waals surface area contributed by atoms with Gasteiger partial charge in [0.15, 0.2) is 5.78 Å². The Hall–Kier alpha value is -4.09. The molecule has 0 bridgehead atoms. The lowest BCUT2D eigenvalue weighted by Gasteiger charge is -2.21. The SMILES string of the molecule is O=C(C[C@@H](c1ccc(C(F)(F)F)cc1)c1ncccc1C(F)(F)F)c1ccc(-c2nn[nH]n2)cc1. The Labute approximate surface area is 194 Å². The number of tetrazole rings is 1. The number of carbonyl (C=O) groups is 1. The van der Waals surface area contributed by atoms with Crippen LogP contribution in [0.4, 0.5) is 26.3 Å². The topological polar surface area (TPSA) is 84.4 Å². The summed E-state index contributed by atoms with van der Waals surface area (Å²) in [7, 11) is 0. The number of benzene rings is 2. The number of ketones is 1. The molecule has 1 N–H and O–H groups in total. The highest BCUT2D eigenvalue weighted by atomic mass is 19.4. The van der Waals surface area contributed by atoms with E-state index in [1.54, 1.807) is 12.1 Å². The summed E-state index contributed by atoms with van der Waals surface area (Å²) in [6.07, 6.45) is -8.70. The first-order valence-corrected chi connectivity index (χ1v) is 10.1. The zero-order valence-electron chi connectivity index (χ0n) is 17.6. The molecule has 0 saturated heterocycles. The van der Waals surface area contributed by atoms with Gasteiger partial charge >= 0.3 is 12.4 Å². The molecular weight excluding hydrogens is 476 g/mol. The molecule has 2 aromatic carbocycles. The van der Waals surface area contributed by atoms with Gasteiger partial charge in [0.05, 0.1) is 16.8 Å². The number of hydrogen-bond acceptors (Lipinski definition) is 5. The van der Waals surface area contributed by atoms with Gasteiger partial charge in [0.25, 0.3) is 0 Å². The first-order chi connectivity index (χ1) is 16.5. The Morgan fingerprint density at radius 1 is 0.886 bits per heavy atom. The Morgan fingerprint density at radius 2 is 1.57 bits per heavy atom. The fourth-order valence-corrected chi connectivity index (χ4v) is 3.60. The van der Waals surface area contributed by atoms with Crippen molar-refractivity contribution >= 4 is 5.78 Å². The summed E-state index contributed by atoms with van der Waals surface area (Å²) in [5, 5.41) is 13.4. The van der Waals surface area contributed by atoms with Crippen LogP contribution in [-0.4, -0.2) is 31.4 Å². The Balaban J connectivity index is 1.70. The first kappa shape index (κ1) is 24.0. The molecule has 0 fully saturated rings. The van der Waals surface area contributed by atoms with Crippen LogP contribution in [0, 0.1) is 0 Å². The molecule has 0 aliphatic carbocycles. The van der Waals surface area contributed by atoms with Gasteiger partial charge in [-0.2, -0.15) is 31.6 Å². The minimum Gasteiger partial charge on any atom is -0.294 e. The second-order valence-corrected chi connectivity index (χ2v) is 7.55. The van der Waals surface area contributed by atoms with Gasteiger partial charge in [0, 0.05) is 29.7 Å². The molecule has 4 rings (SSSR count). The normalized spacial score (nSPS) is 13.0. The quantitative estimate of drug-likeness (QED) is 0.276. The zero-order valence-corrected chi connectivity index (χ0v) is 17.6. The number of H-pyrrole nitrogens is 1. The standard InChI is InChI=1S/C23H15F6N5O/c24-22(25,26)16-9-7-13(8-10-16)17(20-18(23(27,28)29)2-1-11-30-20)12-19(35)14-3-5-15(6-4-14)21-31-33-34-32-21/h1-11,17H,12H2,(H,31,32,33,34)/t17-/m0/s1. The van der Waals surface area contributed by atoms with E-state index in [4.69, 9.17) is 0 Å². The van der Waals surface area contributed by atoms with Gasteiger partial charge in [0.1, 0.15) is 0 Å². The van der Waals surface area contributed by atoms with E-state index in [1.807, 2.05) is 0 Å². The third kappa shape index (κ3) is 5.36. The van der Waals surface area contributed by atoms with E-state index in [2.05, 4.69) is 25.6 Å². The molecule has 0 amide bonds. The van der Waals surface area contributed by atoms with Crippen LogP contribution in [-0.2, 0) is 12.4 Å². The van der Waals surface area contributed by atoms with Crippen LogP contribution < -0.4 is 0 Å². The lowest BCUT2D eigenvalue weighted by Crippen LogP contribution is -2.17. The van der Waals surface area contributed by atoms with Gasteiger partial charge < -0.3 is 0 Å². The maximum atomic E-state index is 13.7. The third-order valence-electron chi connectivity index (χ3n) is 5.31. The Bertz CT molecular complexity index is 1300. The molecule has 2 heterocycles. The van der Waals surface area contributed by atoms with Gasteiger partial charge in [-0.1, -0.05) is 36.4 Å². The van der Waals surface area contributed by atoms with Crippen molar-refractivity contribution in [2.24, 2.45) is 0 Å². The summed E-state index contributed by atoms with van der Waals surface area (Å²) < 4.78 is 80.1. The van der Waals surface area contributed by atoms with E-state index in [-0.39, 0.29) is 17.0 Å². The number of Topliss-reactive ketones (excluding diaryl/α,β-unsaturated/α-hetero) is 1. The summed E-state index contributed by atoms with van der Waals surface area (Å²) in [5.41, 5.74) is -1.63. The van der Waals surface area contributed by atoms with Crippen LogP contribution in [0.3, 0.4) is 0 Å². The van der Waals surface area contributed by atoms with Gasteiger partial charge in [-0.05, 0) is 35.0 Å². The number of hydrogen-bond donors (Lipinski definition) is 1. The summed E-state index contributed by atoms with van der Waals surface area (Å²) >= 11 is 0. The molecule has 0 unspecified atom stereocenters. The van der Waals surface area contributed by atoms with Crippen molar-refractivity contribution in [1.82, 2.24) is 25.6 Å². The monoisotopic (exact) mass is 491 g/mol. The highest BCUT2D eigenvalue weighted by Gasteiger charge is 2.37. The number of carbonyl (C=O) groups excluding carboxylic acids is 1. The van der Waals surface area contributed by atoms with Crippen molar-refractivity contribution in [2.75, 3.05) is 0 Å². The molecule has 6 nitrogen and oxygen atoms in total. The Morgan fingerprint density at radius 3 is 2.14 bits per heavy atom. The van der Waals surface area contributed by atoms with Crippen LogP contribution in [0.15, 0.2) is 66.9 Å². The molecule has 0 aliphatic rings. The molecule has 1 atom stereocenters. The highest BCUT2D eigenvalue weighted by Crippen LogP contribution is 2.39. The minimum atomic E-state index is -4.77. The van der Waals surface area contributed by atoms with E-state index >= 15 is 0 Å². The molecule has 0 aliphatic heterocycles. The largest absolute Gasteiger partial charge is 0.418 e. The molecule has 12 heteroatoms. The molecule has 35 heavy (non-hydrogen) atoms. The maximum absolute atomic E-state index is 13.7. The number of alkyl halides is 6. The third-order valence-corrected chi connectivity index (χ3v) is 5.31. The lowest BCUT2D eigenvalue weighted by molar-refractivity contribution is -0.139. The minimum absolute atomic E-state index is 0.0963. The van der Waals surface area contributed by atoms with E-state index in [0.717, 1.165) is 42.6 Å². The van der Waals surface area contributed by atoms with Crippen molar-refractivity contribution < 1.29 is 31.1 Å². The number of nitrogens with zero attached hydrogens (tertiary/aromatic N) is 4. The van der Waals surface area contributed by atoms with Gasteiger partial charge in [-0.15, -0.1) is 10.2 Å². The number of rotatable bonds is 6. The van der Waals surface area contributed by atoms with Crippen molar-refractivity contribution in [3.05, 3.63) is 94.8 Å². The van der Waals surface area contributed by atoms with E-state index in [1.165, 1.54) is 12.1 Å². The molecular formula is C23H15F6N5O. The summed E-state index contributed by atoms with van der Waals surface area (Å²) in [6, 6.07) is 11.6. The smallest absolute Gasteiger partial charge is 0.294 e. The van der Waals surface area contributed by atoms with E-state index < -0.39 is 47.3 Å². The Kier molecular flexibility index (Phi) is 6.37.